The molecule has 0 aromatic heterocycles. The molecule has 2 aromatic rings. The van der Waals surface area contributed by atoms with Crippen molar-refractivity contribution in [1.82, 2.24) is 5.32 Å². The van der Waals surface area contributed by atoms with E-state index >= 15 is 0 Å². The maximum atomic E-state index is 11.9. The number of nitrogens with one attached hydrogen (secondary N) is 1. The molecule has 0 bridgehead atoms. The van der Waals surface area contributed by atoms with E-state index in [2.05, 4.69) is 17.5 Å². The molecule has 9 heteroatoms. The minimum absolute atomic E-state index is 0.0658. The van der Waals surface area contributed by atoms with Crippen LogP contribution in [0, 0.1) is 0 Å². The SMILES string of the molecule is NC(=S)NC(=O)c1cc(Cl)c(OCc2c(Cl)cccc2Cl)c(Cl)c1. The Morgan fingerprint density at radius 3 is 2.12 bits per heavy atom. The van der Waals surface area contributed by atoms with Gasteiger partial charge in [-0.3, -0.25) is 10.1 Å². The van der Waals surface area contributed by atoms with Gasteiger partial charge in [-0.1, -0.05) is 52.5 Å². The van der Waals surface area contributed by atoms with Gasteiger partial charge in [-0.2, -0.15) is 0 Å². The van der Waals surface area contributed by atoms with Crippen LogP contribution in [-0.4, -0.2) is 11.0 Å². The van der Waals surface area contributed by atoms with Crippen LogP contribution < -0.4 is 15.8 Å². The zero-order valence-corrected chi connectivity index (χ0v) is 15.7. The molecule has 0 aliphatic carbocycles. The molecule has 0 atom stereocenters. The number of halogens is 4. The van der Waals surface area contributed by atoms with Crippen LogP contribution in [0.1, 0.15) is 15.9 Å². The van der Waals surface area contributed by atoms with E-state index in [1.807, 2.05) is 0 Å². The lowest BCUT2D eigenvalue weighted by molar-refractivity contribution is 0.0977. The molecule has 126 valence electrons. The first-order valence-electron chi connectivity index (χ1n) is 6.45. The minimum atomic E-state index is -0.521. The van der Waals surface area contributed by atoms with Gasteiger partial charge < -0.3 is 10.5 Å². The molecule has 0 fully saturated rings. The van der Waals surface area contributed by atoms with Crippen LogP contribution in [0.4, 0.5) is 0 Å². The van der Waals surface area contributed by atoms with E-state index in [1.165, 1.54) is 12.1 Å². The Kier molecular flexibility index (Phi) is 6.54. The maximum absolute atomic E-state index is 11.9. The van der Waals surface area contributed by atoms with Crippen molar-refractivity contribution in [3.8, 4) is 5.75 Å². The second kappa shape index (κ2) is 8.23. The second-order valence-corrected chi connectivity index (χ2v) is 6.64. The Hall–Kier alpha value is -1.24. The summed E-state index contributed by atoms with van der Waals surface area (Å²) in [6.45, 7) is 0.0658. The second-order valence-electron chi connectivity index (χ2n) is 4.58. The van der Waals surface area contributed by atoms with E-state index in [4.69, 9.17) is 56.9 Å². The molecule has 0 heterocycles. The van der Waals surface area contributed by atoms with Crippen LogP contribution in [0.25, 0.3) is 0 Å². The number of hydrogen-bond donors (Lipinski definition) is 2. The molecule has 24 heavy (non-hydrogen) atoms. The fourth-order valence-electron chi connectivity index (χ4n) is 1.83. The van der Waals surface area contributed by atoms with Crippen LogP contribution >= 0.6 is 58.6 Å². The van der Waals surface area contributed by atoms with Gasteiger partial charge in [-0.15, -0.1) is 0 Å². The normalized spacial score (nSPS) is 10.3. The van der Waals surface area contributed by atoms with Gasteiger partial charge in [0.15, 0.2) is 10.9 Å². The highest BCUT2D eigenvalue weighted by Crippen LogP contribution is 2.36. The van der Waals surface area contributed by atoms with Gasteiger partial charge in [0.2, 0.25) is 0 Å². The molecule has 0 radical (unpaired) electrons. The number of hydrogen-bond acceptors (Lipinski definition) is 3. The highest BCUT2D eigenvalue weighted by atomic mass is 35.5. The Bertz CT molecular complexity index is 771. The number of benzene rings is 2. The lowest BCUT2D eigenvalue weighted by atomic mass is 10.2. The highest BCUT2D eigenvalue weighted by Gasteiger charge is 2.16. The van der Waals surface area contributed by atoms with Crippen molar-refractivity contribution >= 4 is 69.6 Å². The summed E-state index contributed by atoms with van der Waals surface area (Å²) >= 11 is 29.1. The summed E-state index contributed by atoms with van der Waals surface area (Å²) in [6, 6.07) is 7.90. The first-order chi connectivity index (χ1) is 11.3. The molecule has 0 saturated heterocycles. The third kappa shape index (κ3) is 4.65. The van der Waals surface area contributed by atoms with Crippen molar-refractivity contribution < 1.29 is 9.53 Å². The number of carbonyl (C=O) groups excluding carboxylic acids is 1. The van der Waals surface area contributed by atoms with Crippen molar-refractivity contribution in [2.45, 2.75) is 6.61 Å². The van der Waals surface area contributed by atoms with Gasteiger partial charge >= 0.3 is 0 Å². The zero-order chi connectivity index (χ0) is 17.9. The van der Waals surface area contributed by atoms with Crippen LogP contribution in [0.2, 0.25) is 20.1 Å². The van der Waals surface area contributed by atoms with Gasteiger partial charge in [0.1, 0.15) is 6.61 Å². The van der Waals surface area contributed by atoms with Gasteiger partial charge in [0.25, 0.3) is 5.91 Å². The summed E-state index contributed by atoms with van der Waals surface area (Å²) in [5, 5.41) is 3.36. The molecule has 0 unspecified atom stereocenters. The van der Waals surface area contributed by atoms with Crippen LogP contribution in [0.3, 0.4) is 0 Å². The van der Waals surface area contributed by atoms with E-state index in [-0.39, 0.29) is 33.1 Å². The number of thiocarbonyl (C=S) groups is 1. The lowest BCUT2D eigenvalue weighted by Gasteiger charge is -2.13. The summed E-state index contributed by atoms with van der Waals surface area (Å²) < 4.78 is 5.62. The van der Waals surface area contributed by atoms with Crippen molar-refractivity contribution in [1.29, 1.82) is 0 Å². The molecule has 0 aliphatic heterocycles. The molecule has 2 rings (SSSR count). The monoisotopic (exact) mass is 422 g/mol. The van der Waals surface area contributed by atoms with E-state index < -0.39 is 5.91 Å². The van der Waals surface area contributed by atoms with Crippen LogP contribution in [-0.2, 0) is 6.61 Å². The van der Waals surface area contributed by atoms with E-state index in [1.54, 1.807) is 18.2 Å². The van der Waals surface area contributed by atoms with Crippen molar-refractivity contribution in [3.05, 3.63) is 61.5 Å². The first-order valence-corrected chi connectivity index (χ1v) is 8.37. The maximum Gasteiger partial charge on any atom is 0.257 e. The molecular formula is C15H10Cl4N2O2S. The molecule has 2 aromatic carbocycles. The zero-order valence-electron chi connectivity index (χ0n) is 11.9. The number of rotatable bonds is 4. The highest BCUT2D eigenvalue weighted by molar-refractivity contribution is 7.80. The smallest absolute Gasteiger partial charge is 0.257 e. The summed E-state index contributed by atoms with van der Waals surface area (Å²) in [5.41, 5.74) is 6.06. The van der Waals surface area contributed by atoms with Crippen molar-refractivity contribution in [3.63, 3.8) is 0 Å². The summed E-state index contributed by atoms with van der Waals surface area (Å²) in [4.78, 5) is 11.9. The topological polar surface area (TPSA) is 64.3 Å². The molecule has 0 spiro atoms. The summed E-state index contributed by atoms with van der Waals surface area (Å²) in [5.74, 6) is -0.312. The average molecular weight is 424 g/mol. The quantitative estimate of drug-likeness (QED) is 0.689. The first kappa shape index (κ1) is 19.1. The predicted octanol–water partition coefficient (Wildman–Crippen LogP) is 4.85. The average Bonchev–Trinajstić information content (AvgIpc) is 2.48. The molecule has 3 N–H and O–H groups in total. The largest absolute Gasteiger partial charge is 0.486 e. The van der Waals surface area contributed by atoms with E-state index in [0.717, 1.165) is 0 Å². The van der Waals surface area contributed by atoms with Crippen LogP contribution in [0.5, 0.6) is 5.75 Å². The third-order valence-corrected chi connectivity index (χ3v) is 4.29. The number of carbonyl (C=O) groups is 1. The number of ether oxygens (including phenoxy) is 1. The van der Waals surface area contributed by atoms with E-state index in [0.29, 0.717) is 15.6 Å². The van der Waals surface area contributed by atoms with Gasteiger partial charge in [-0.05, 0) is 36.5 Å². The Morgan fingerprint density at radius 2 is 1.62 bits per heavy atom. The Morgan fingerprint density at radius 1 is 1.08 bits per heavy atom. The van der Waals surface area contributed by atoms with Crippen LogP contribution in [0.15, 0.2) is 30.3 Å². The number of amides is 1. The lowest BCUT2D eigenvalue weighted by Crippen LogP contribution is -2.34. The molecule has 4 nitrogen and oxygen atoms in total. The minimum Gasteiger partial charge on any atom is -0.486 e. The molecule has 0 saturated carbocycles. The fourth-order valence-corrected chi connectivity index (χ4v) is 3.02. The Labute approximate surface area is 163 Å². The summed E-state index contributed by atoms with van der Waals surface area (Å²) in [7, 11) is 0. The molecular weight excluding hydrogens is 414 g/mol. The van der Waals surface area contributed by atoms with E-state index in [9.17, 15) is 4.79 Å². The van der Waals surface area contributed by atoms with Gasteiger partial charge in [-0.25, -0.2) is 0 Å². The standard InChI is InChI=1S/C15H10Cl4N2O2S/c16-9-2-1-3-10(17)8(9)6-23-13-11(18)4-7(5-12(13)19)14(22)21-15(20)24/h1-5H,6H2,(H3,20,21,22,24). The van der Waals surface area contributed by atoms with Crippen molar-refractivity contribution in [2.75, 3.05) is 0 Å². The van der Waals surface area contributed by atoms with Gasteiger partial charge in [0.05, 0.1) is 10.0 Å². The van der Waals surface area contributed by atoms with Crippen molar-refractivity contribution in [2.24, 2.45) is 5.73 Å². The number of nitrogens with two attached hydrogens (primary N) is 1. The summed E-state index contributed by atoms with van der Waals surface area (Å²) in [6.07, 6.45) is 0. The predicted molar refractivity (Wildman–Crippen MR) is 102 cm³/mol. The fraction of sp³-hybridized carbons (Fsp3) is 0.0667. The molecule has 1 amide bonds. The van der Waals surface area contributed by atoms with Gasteiger partial charge in [0, 0.05) is 21.2 Å². The molecule has 0 aliphatic rings. The third-order valence-electron chi connectivity index (χ3n) is 2.92. The Balaban J connectivity index is 2.23.